The fourth-order valence-electron chi connectivity index (χ4n) is 5.89. The maximum atomic E-state index is 14.5. The van der Waals surface area contributed by atoms with E-state index in [0.717, 1.165) is 73.3 Å². The number of likely N-dealkylation sites (tertiary alicyclic amines) is 1. The molecule has 8 nitrogen and oxygen atoms in total. The summed E-state index contributed by atoms with van der Waals surface area (Å²) in [6.45, 7) is 2.71. The third-order valence-corrected chi connectivity index (χ3v) is 8.91. The minimum atomic E-state index is -1.01. The van der Waals surface area contributed by atoms with E-state index >= 15 is 0 Å². The molecule has 4 aromatic rings. The lowest BCUT2D eigenvalue weighted by atomic mass is 10.0. The topological polar surface area (TPSA) is 101 Å². The first-order chi connectivity index (χ1) is 22.2. The largest absolute Gasteiger partial charge is 0.490 e. The number of piperidine rings is 1. The van der Waals surface area contributed by atoms with Gasteiger partial charge in [-0.3, -0.25) is 4.90 Å². The van der Waals surface area contributed by atoms with Gasteiger partial charge in [0.05, 0.1) is 23.6 Å². The fraction of sp³-hybridized carbons (Fsp3) is 0.343. The number of nitriles is 1. The molecule has 2 heterocycles. The van der Waals surface area contributed by atoms with Crippen molar-refractivity contribution in [2.24, 2.45) is 5.41 Å². The van der Waals surface area contributed by atoms with Gasteiger partial charge in [-0.25, -0.2) is 18.6 Å². The van der Waals surface area contributed by atoms with E-state index in [-0.39, 0.29) is 34.5 Å². The van der Waals surface area contributed by atoms with Gasteiger partial charge in [-0.05, 0) is 85.9 Å². The highest BCUT2D eigenvalue weighted by Gasteiger charge is 2.43. The molecule has 0 unspecified atom stereocenters. The summed E-state index contributed by atoms with van der Waals surface area (Å²) in [6.07, 6.45) is 6.65. The van der Waals surface area contributed by atoms with Crippen molar-refractivity contribution in [3.8, 4) is 17.6 Å². The summed E-state index contributed by atoms with van der Waals surface area (Å²) in [4.78, 5) is 18.3. The minimum absolute atomic E-state index is 0.0103. The zero-order chi connectivity index (χ0) is 32.3. The van der Waals surface area contributed by atoms with Gasteiger partial charge in [-0.15, -0.1) is 0 Å². The monoisotopic (exact) mass is 646 g/mol. The Morgan fingerprint density at radius 1 is 1.11 bits per heavy atom. The number of aliphatic carboxylic acids is 1. The molecule has 1 saturated heterocycles. The lowest BCUT2D eigenvalue weighted by molar-refractivity contribution is -0.131. The van der Waals surface area contributed by atoms with Crippen LogP contribution in [0.1, 0.15) is 49.1 Å². The van der Waals surface area contributed by atoms with Crippen molar-refractivity contribution in [3.63, 3.8) is 0 Å². The number of fused-ring (bicyclic) bond motifs is 1. The van der Waals surface area contributed by atoms with Gasteiger partial charge in [-0.1, -0.05) is 17.7 Å². The highest BCUT2D eigenvalue weighted by molar-refractivity contribution is 6.30. The average Bonchev–Trinajstić information content (AvgIpc) is 3.72. The molecule has 2 fully saturated rings. The third kappa shape index (κ3) is 7.49. The Kier molecular flexibility index (Phi) is 9.24. The van der Waals surface area contributed by atoms with Crippen molar-refractivity contribution >= 4 is 34.7 Å². The van der Waals surface area contributed by atoms with Crippen LogP contribution in [0.4, 0.5) is 8.78 Å². The second-order valence-corrected chi connectivity index (χ2v) is 12.5. The van der Waals surface area contributed by atoms with E-state index in [0.29, 0.717) is 25.3 Å². The van der Waals surface area contributed by atoms with Gasteiger partial charge < -0.3 is 19.1 Å². The van der Waals surface area contributed by atoms with Crippen LogP contribution in [0.5, 0.6) is 11.5 Å². The van der Waals surface area contributed by atoms with Crippen LogP contribution in [0.15, 0.2) is 60.7 Å². The van der Waals surface area contributed by atoms with Crippen LogP contribution in [0.2, 0.25) is 5.02 Å². The van der Waals surface area contributed by atoms with E-state index in [1.165, 1.54) is 18.2 Å². The summed E-state index contributed by atoms with van der Waals surface area (Å²) in [6, 6.07) is 16.6. The molecule has 0 atom stereocenters. The molecule has 0 spiro atoms. The first-order valence-electron chi connectivity index (χ1n) is 15.2. The van der Waals surface area contributed by atoms with Crippen LogP contribution in [-0.2, 0) is 24.5 Å². The van der Waals surface area contributed by atoms with Gasteiger partial charge in [0, 0.05) is 48.1 Å². The Hall–Kier alpha value is -4.46. The van der Waals surface area contributed by atoms with E-state index in [1.807, 2.05) is 18.2 Å². The molecule has 0 bridgehead atoms. The van der Waals surface area contributed by atoms with Crippen LogP contribution in [0, 0.1) is 28.4 Å². The van der Waals surface area contributed by atoms with Gasteiger partial charge >= 0.3 is 5.97 Å². The van der Waals surface area contributed by atoms with E-state index in [9.17, 15) is 18.8 Å². The Balaban J connectivity index is 1.11. The second kappa shape index (κ2) is 13.5. The molecule has 6 rings (SSSR count). The smallest absolute Gasteiger partial charge is 0.328 e. The predicted octanol–water partition coefficient (Wildman–Crippen LogP) is 7.38. The molecular weight excluding hydrogens is 614 g/mol. The first kappa shape index (κ1) is 31.5. The molecule has 11 heteroatoms. The Labute approximate surface area is 270 Å². The van der Waals surface area contributed by atoms with Crippen molar-refractivity contribution in [3.05, 3.63) is 94.3 Å². The number of hydrogen-bond acceptors (Lipinski definition) is 6. The molecule has 2 aliphatic rings. The SMILES string of the molecule is N#CCC1(Cn2c(CN3CCC(Oc4ccc(F)c(COc5ccc(Cl)cc5F)c4)CC3)nc3ccc(/C=C/C(=O)O)cc32)CC1. The van der Waals surface area contributed by atoms with Gasteiger partial charge in [0.1, 0.15) is 30.1 Å². The molecule has 3 aromatic carbocycles. The molecule has 1 N–H and O–H groups in total. The number of imidazole rings is 1. The highest BCUT2D eigenvalue weighted by Crippen LogP contribution is 2.50. The number of nitrogens with zero attached hydrogens (tertiary/aromatic N) is 4. The highest BCUT2D eigenvalue weighted by atomic mass is 35.5. The maximum absolute atomic E-state index is 14.5. The third-order valence-electron chi connectivity index (χ3n) is 8.67. The summed E-state index contributed by atoms with van der Waals surface area (Å²) in [5.41, 5.74) is 2.75. The lowest BCUT2D eigenvalue weighted by Crippen LogP contribution is -2.38. The summed E-state index contributed by atoms with van der Waals surface area (Å²) < 4.78 is 42.5. The molecule has 238 valence electrons. The summed E-state index contributed by atoms with van der Waals surface area (Å²) in [5.74, 6) is -0.659. The van der Waals surface area contributed by atoms with Crippen LogP contribution < -0.4 is 9.47 Å². The second-order valence-electron chi connectivity index (χ2n) is 12.1. The van der Waals surface area contributed by atoms with Crippen molar-refractivity contribution in [2.45, 2.75) is 57.9 Å². The van der Waals surface area contributed by atoms with Gasteiger partial charge in [0.25, 0.3) is 0 Å². The van der Waals surface area contributed by atoms with Crippen LogP contribution in [0.25, 0.3) is 17.1 Å². The number of rotatable bonds is 12. The van der Waals surface area contributed by atoms with Crippen LogP contribution in [0.3, 0.4) is 0 Å². The number of carboxylic acids is 1. The van der Waals surface area contributed by atoms with E-state index in [2.05, 4.69) is 15.5 Å². The summed E-state index contributed by atoms with van der Waals surface area (Å²) in [7, 11) is 0. The summed E-state index contributed by atoms with van der Waals surface area (Å²) >= 11 is 5.80. The van der Waals surface area contributed by atoms with Crippen LogP contribution >= 0.6 is 11.6 Å². The predicted molar refractivity (Wildman–Crippen MR) is 169 cm³/mol. The molecule has 0 amide bonds. The minimum Gasteiger partial charge on any atom is -0.490 e. The van der Waals surface area contributed by atoms with E-state index in [4.69, 9.17) is 31.2 Å². The number of aromatic nitrogens is 2. The standard InChI is InChI=1S/C35H33ClF2N4O4/c36-25-3-7-32(29(38)19-25)45-21-24-18-27(4-5-28(24)37)46-26-9-15-41(16-10-26)20-33-40-30-6-1-23(2-8-34(43)44)17-31(30)42(33)22-35(11-12-35)13-14-39/h1-8,17-19,26H,9-13,15-16,20-22H2,(H,43,44)/b8-2+. The Bertz CT molecular complexity index is 1820. The Morgan fingerprint density at radius 3 is 2.63 bits per heavy atom. The number of benzene rings is 3. The van der Waals surface area contributed by atoms with Crippen molar-refractivity contribution in [1.82, 2.24) is 14.5 Å². The zero-order valence-electron chi connectivity index (χ0n) is 25.1. The van der Waals surface area contributed by atoms with Gasteiger partial charge in [0.2, 0.25) is 0 Å². The van der Waals surface area contributed by atoms with Crippen molar-refractivity contribution < 1.29 is 28.2 Å². The van der Waals surface area contributed by atoms with Crippen LogP contribution in [-0.4, -0.2) is 44.7 Å². The fourth-order valence-corrected chi connectivity index (χ4v) is 6.05. The first-order valence-corrected chi connectivity index (χ1v) is 15.6. The van der Waals surface area contributed by atoms with E-state index < -0.39 is 17.6 Å². The molecule has 1 aliphatic carbocycles. The molecule has 1 saturated carbocycles. The normalized spacial score (nSPS) is 16.5. The van der Waals surface area contributed by atoms with Gasteiger partial charge in [-0.2, -0.15) is 5.26 Å². The zero-order valence-corrected chi connectivity index (χ0v) is 25.8. The molecule has 46 heavy (non-hydrogen) atoms. The van der Waals surface area contributed by atoms with E-state index in [1.54, 1.807) is 18.2 Å². The molecule has 1 aliphatic heterocycles. The lowest BCUT2D eigenvalue weighted by Gasteiger charge is -2.32. The number of carboxylic acid groups (broad SMARTS) is 1. The number of hydrogen-bond donors (Lipinski definition) is 1. The number of halogens is 3. The molecule has 0 radical (unpaired) electrons. The number of ether oxygens (including phenoxy) is 2. The molecular formula is C35H33ClF2N4O4. The summed E-state index contributed by atoms with van der Waals surface area (Å²) in [5, 5.41) is 18.7. The number of carbonyl (C=O) groups is 1. The Morgan fingerprint density at radius 2 is 1.91 bits per heavy atom. The quantitative estimate of drug-likeness (QED) is 0.160. The van der Waals surface area contributed by atoms with Gasteiger partial charge in [0.15, 0.2) is 11.6 Å². The van der Waals surface area contributed by atoms with Crippen molar-refractivity contribution in [1.29, 1.82) is 5.26 Å². The maximum Gasteiger partial charge on any atom is 0.328 e. The molecule has 1 aromatic heterocycles. The average molecular weight is 647 g/mol. The van der Waals surface area contributed by atoms with Crippen molar-refractivity contribution in [2.75, 3.05) is 13.1 Å².